The Morgan fingerprint density at radius 2 is 0.725 bits per heavy atom. The Balaban J connectivity index is 0.000000262. The minimum Gasteiger partial charge on any atom is -0.481 e. The molecule has 6 N–H and O–H groups in total. The lowest BCUT2D eigenvalue weighted by Crippen LogP contribution is -2.44. The lowest BCUT2D eigenvalue weighted by molar-refractivity contribution is -0.157. The van der Waals surface area contributed by atoms with Gasteiger partial charge in [-0.1, -0.05) is 58.3 Å². The Hall–Kier alpha value is -13.4. The molecule has 0 aliphatic carbocycles. The fourth-order valence-corrected chi connectivity index (χ4v) is 14.7. The molecule has 8 aromatic rings. The quantitative estimate of drug-likeness (QED) is 0.00715. The standard InChI is InChI=1S/C23H31N3O6.C23H27N3O6.C19H23N3O6.C13H12BrN3O3.C10H16O3.C7H12O2.C3H4O/c2*1-23(2,3)32-20(28)11-13-31-12-5-6-15-7-8-16-18(14-15)25(4)22(30)26(16)17-9-10-19(27)24-21(17)29;1-21-15-11-12(3-2-9-28-10-8-17(24)25)4-5-13(15)22(19(21)27)14-6-7-16(23)20-18(14)26;1-16-10-6-7(14)2-3-8(10)17(13(16)20)9-4-5-11(18)15-12(9)19;1-5-7-12-8-6-9(11)13-10(2,3)4;1-5-6(8)9-7(2,3)4;1-2-3-4/h7-8,14,17H,5-6,9-13H2,1-4H3,(H,24,27,29);7-8,14,17H,9-13H2,1-4H3,(H,24,27,29);4-5,11,14H,2-3,6-10H2,1H3,(H,24,25)(H,20,23,26);2-3,6,9H,4-5H2,1H3,(H,15,18,19);1H,6-8H2,2-4H3;5H,1H2,2-4H3;1,4H,3H2. The molecule has 4 aliphatic rings. The zero-order valence-electron chi connectivity index (χ0n) is 80.9. The lowest BCUT2D eigenvalue weighted by atomic mass is 10.1. The van der Waals surface area contributed by atoms with Crippen molar-refractivity contribution >= 4 is 137 Å². The Morgan fingerprint density at radius 3 is 1.03 bits per heavy atom. The molecule has 8 amide bonds. The molecule has 4 atom stereocenters. The van der Waals surface area contributed by atoms with Crippen molar-refractivity contribution in [1.29, 1.82) is 0 Å². The summed E-state index contributed by atoms with van der Waals surface area (Å²) < 4.78 is 54.1. The highest BCUT2D eigenvalue weighted by Gasteiger charge is 2.36. The first-order valence-corrected chi connectivity index (χ1v) is 45.4. The predicted octanol–water partition coefficient (Wildman–Crippen LogP) is 7.73. The fourth-order valence-electron chi connectivity index (χ4n) is 14.3. The summed E-state index contributed by atoms with van der Waals surface area (Å²) in [4.78, 5) is 200. The number of amides is 8. The molecule has 40 heteroatoms. The number of aliphatic carboxylic acids is 1. The maximum absolute atomic E-state index is 12.8. The number of imidazole rings is 4. The largest absolute Gasteiger partial charge is 0.481 e. The number of carboxylic acid groups (broad SMARTS) is 1. The van der Waals surface area contributed by atoms with E-state index >= 15 is 0 Å². The van der Waals surface area contributed by atoms with Gasteiger partial charge in [0.15, 0.2) is 0 Å². The van der Waals surface area contributed by atoms with Crippen molar-refractivity contribution < 1.29 is 110 Å². The summed E-state index contributed by atoms with van der Waals surface area (Å²) >= 11 is 3.37. The van der Waals surface area contributed by atoms with E-state index in [0.717, 1.165) is 63.9 Å². The van der Waals surface area contributed by atoms with Crippen molar-refractivity contribution in [2.24, 2.45) is 28.2 Å². The minimum absolute atomic E-state index is 0.0120. The highest BCUT2D eigenvalue weighted by atomic mass is 79.9. The van der Waals surface area contributed by atoms with Crippen LogP contribution in [-0.2, 0) is 141 Å². The number of fused-ring (bicyclic) bond motifs is 4. The Bertz CT molecular complexity index is 6190. The summed E-state index contributed by atoms with van der Waals surface area (Å²) in [5.74, 6) is 5.02. The topological polar surface area (TPSA) is 492 Å². The van der Waals surface area contributed by atoms with E-state index in [1.807, 2.05) is 138 Å². The molecular formula is C98H125BrN12O27. The zero-order valence-corrected chi connectivity index (χ0v) is 82.5. The normalized spacial score (nSPS) is 15.9. The van der Waals surface area contributed by atoms with Crippen molar-refractivity contribution in [1.82, 2.24) is 57.8 Å². The van der Waals surface area contributed by atoms with Crippen LogP contribution in [-0.4, -0.2) is 206 Å². The number of aryl methyl sites for hydroxylation is 6. The predicted molar refractivity (Wildman–Crippen MR) is 513 cm³/mol. The third-order valence-corrected chi connectivity index (χ3v) is 20.9. The zero-order chi connectivity index (χ0) is 103. The summed E-state index contributed by atoms with van der Waals surface area (Å²) in [5, 5.41) is 25.4. The number of aromatic nitrogens is 8. The number of aliphatic hydroxyl groups is 1. The number of terminal acetylenes is 2. The van der Waals surface area contributed by atoms with E-state index in [2.05, 4.69) is 68.0 Å². The van der Waals surface area contributed by atoms with Crippen LogP contribution in [0, 0.1) is 36.5 Å². The van der Waals surface area contributed by atoms with Crippen molar-refractivity contribution in [3.05, 3.63) is 149 Å². The number of hydrogen-bond acceptors (Lipinski definition) is 26. The number of rotatable bonds is 27. The third kappa shape index (κ3) is 35.3. The number of carboxylic acids is 1. The molecule has 12 rings (SSSR count). The number of nitrogens with one attached hydrogen (secondary N) is 4. The number of nitrogens with zero attached hydrogens (tertiary/aromatic N) is 8. The number of benzene rings is 4. The highest BCUT2D eigenvalue weighted by Crippen LogP contribution is 2.30. The van der Waals surface area contributed by atoms with E-state index in [-0.39, 0.29) is 161 Å². The molecule has 138 heavy (non-hydrogen) atoms. The van der Waals surface area contributed by atoms with Gasteiger partial charge in [-0.25, -0.2) is 24.0 Å². The molecule has 4 saturated heterocycles. The van der Waals surface area contributed by atoms with Gasteiger partial charge in [-0.05, 0) is 206 Å². The van der Waals surface area contributed by atoms with E-state index in [1.54, 1.807) is 52.5 Å². The number of ether oxygens (including phenoxy) is 8. The smallest absolute Gasteiger partial charge is 0.330 e. The monoisotopic (exact) mass is 1980 g/mol. The van der Waals surface area contributed by atoms with Gasteiger partial charge in [0.25, 0.3) is 0 Å². The van der Waals surface area contributed by atoms with Gasteiger partial charge < -0.3 is 48.1 Å². The molecular weight excluding hydrogens is 1860 g/mol. The summed E-state index contributed by atoms with van der Waals surface area (Å²) in [6, 6.07) is 19.4. The second kappa shape index (κ2) is 52.8. The molecule has 0 bridgehead atoms. The number of imide groups is 4. The lowest BCUT2D eigenvalue weighted by Gasteiger charge is -2.21. The molecule has 0 spiro atoms. The van der Waals surface area contributed by atoms with Gasteiger partial charge in [-0.15, -0.1) is 12.8 Å². The van der Waals surface area contributed by atoms with Crippen LogP contribution in [0.2, 0.25) is 0 Å². The SMILES string of the molecule is C#CCO.C#CCOCCC(=O)OC(C)(C)C.C=CC(=O)OC(C)(C)C.Cn1c(=O)n(C2CCC(=O)NC2=O)c2ccc(Br)cc21.Cn1c(=O)n(C2CCC(=O)NC2=O)c2ccc(C#CCOCCC(=O)OC(C)(C)C)cc21.Cn1c(=O)n(C2CCC(=O)NC2=O)c2ccc(CCCOCCC(=O)O)cc21.Cn1c(=O)n(C2CCC(=O)NC2=O)c2ccc(CCCOCCC(=O)OC(C)(C)C)cc21. The number of carbonyl (C=O) groups excluding carboxylic acids is 12. The van der Waals surface area contributed by atoms with Crippen molar-refractivity contribution in [3.63, 3.8) is 0 Å². The van der Waals surface area contributed by atoms with E-state index in [1.165, 1.54) is 36.5 Å². The molecule has 39 nitrogen and oxygen atoms in total. The van der Waals surface area contributed by atoms with Crippen LogP contribution in [0.4, 0.5) is 0 Å². The number of carbonyl (C=O) groups is 13. The molecule has 4 aromatic carbocycles. The second-order valence-electron chi connectivity index (χ2n) is 36.0. The highest BCUT2D eigenvalue weighted by molar-refractivity contribution is 9.10. The maximum Gasteiger partial charge on any atom is 0.330 e. The fraction of sp³-hybridized carbons (Fsp3) is 0.500. The average Bonchev–Trinajstić information content (AvgIpc) is 1.62. The molecule has 4 aromatic heterocycles. The number of piperidine rings is 4. The first-order valence-electron chi connectivity index (χ1n) is 44.7. The minimum atomic E-state index is -0.883. The first kappa shape index (κ1) is 113. The average molecular weight is 1980 g/mol. The molecule has 0 radical (unpaired) electrons. The summed E-state index contributed by atoms with van der Waals surface area (Å²) in [7, 11) is 6.63. The summed E-state index contributed by atoms with van der Waals surface area (Å²) in [5.41, 5.74) is 5.21. The van der Waals surface area contributed by atoms with Crippen LogP contribution in [0.5, 0.6) is 0 Å². The second-order valence-corrected chi connectivity index (χ2v) is 36.9. The van der Waals surface area contributed by atoms with Crippen LogP contribution >= 0.6 is 15.9 Å². The van der Waals surface area contributed by atoms with Gasteiger partial charge >= 0.3 is 52.6 Å². The summed E-state index contributed by atoms with van der Waals surface area (Å²) in [6.07, 6.45) is 16.3. The van der Waals surface area contributed by atoms with E-state index in [9.17, 15) is 81.5 Å². The van der Waals surface area contributed by atoms with Crippen LogP contribution < -0.4 is 44.0 Å². The van der Waals surface area contributed by atoms with Crippen LogP contribution in [0.25, 0.3) is 44.1 Å². The third-order valence-electron chi connectivity index (χ3n) is 20.4. The molecule has 746 valence electrons. The number of halogens is 1. The van der Waals surface area contributed by atoms with E-state index < -0.39 is 76.2 Å². The molecule has 4 aliphatic heterocycles. The van der Waals surface area contributed by atoms with Crippen LogP contribution in [0.1, 0.15) is 214 Å². The summed E-state index contributed by atoms with van der Waals surface area (Å²) in [6.45, 7) is 27.4. The number of hydrogen-bond donors (Lipinski definition) is 6. The molecule has 4 fully saturated rings. The van der Waals surface area contributed by atoms with Gasteiger partial charge in [0.2, 0.25) is 47.3 Å². The van der Waals surface area contributed by atoms with E-state index in [4.69, 9.17) is 54.5 Å². The van der Waals surface area contributed by atoms with Gasteiger partial charge in [-0.3, -0.25) is 115 Å². The number of esters is 4. The maximum atomic E-state index is 12.8. The Kier molecular flexibility index (Phi) is 43.3. The van der Waals surface area contributed by atoms with E-state index in [0.29, 0.717) is 78.8 Å². The van der Waals surface area contributed by atoms with Crippen LogP contribution in [0.15, 0.2) is 109 Å². The van der Waals surface area contributed by atoms with Crippen LogP contribution in [0.3, 0.4) is 0 Å². The Labute approximate surface area is 806 Å². The molecule has 4 unspecified atom stereocenters. The van der Waals surface area contributed by atoms with Gasteiger partial charge in [0.1, 0.15) is 66.4 Å². The first-order chi connectivity index (χ1) is 64.8. The van der Waals surface area contributed by atoms with Gasteiger partial charge in [0, 0.05) is 83.2 Å². The number of aliphatic hydroxyl groups excluding tert-OH is 1. The molecule has 8 heterocycles. The molecule has 0 saturated carbocycles. The Morgan fingerprint density at radius 1 is 0.420 bits per heavy atom. The van der Waals surface area contributed by atoms with Gasteiger partial charge in [0.05, 0.1) is 96.2 Å². The van der Waals surface area contributed by atoms with Crippen molar-refractivity contribution in [3.8, 4) is 36.5 Å². The van der Waals surface area contributed by atoms with Crippen molar-refractivity contribution in [2.45, 2.75) is 232 Å². The van der Waals surface area contributed by atoms with Gasteiger partial charge in [-0.2, -0.15) is 0 Å². The van der Waals surface area contributed by atoms with Crippen molar-refractivity contribution in [2.75, 3.05) is 59.5 Å².